The largest absolute Gasteiger partial charge is 0.305 e. The van der Waals surface area contributed by atoms with Gasteiger partial charge in [-0.25, -0.2) is 0 Å². The number of rotatable bonds is 2. The van der Waals surface area contributed by atoms with E-state index in [4.69, 9.17) is 5.41 Å². The number of fused-ring (bicyclic) bond motifs is 1. The summed E-state index contributed by atoms with van der Waals surface area (Å²) < 4.78 is 0. The molecule has 0 aliphatic carbocycles. The number of ketones is 1. The van der Waals surface area contributed by atoms with Crippen molar-refractivity contribution in [2.45, 2.75) is 0 Å². The van der Waals surface area contributed by atoms with Gasteiger partial charge in [0, 0.05) is 5.56 Å². The van der Waals surface area contributed by atoms with Crippen molar-refractivity contribution in [2.75, 3.05) is 0 Å². The molecule has 0 saturated carbocycles. The minimum absolute atomic E-state index is 0.254. The van der Waals surface area contributed by atoms with Gasteiger partial charge in [-0.2, -0.15) is 0 Å². The Morgan fingerprint density at radius 3 is 2.50 bits per heavy atom. The molecule has 1 N–H and O–H groups in total. The zero-order valence-electron chi connectivity index (χ0n) is 7.53. The van der Waals surface area contributed by atoms with E-state index < -0.39 is 0 Å². The van der Waals surface area contributed by atoms with Crippen LogP contribution >= 0.6 is 0 Å². The number of nitrogens with one attached hydrogen (secondary N) is 1. The summed E-state index contributed by atoms with van der Waals surface area (Å²) in [5, 5.41) is 9.01. The van der Waals surface area contributed by atoms with Crippen LogP contribution < -0.4 is 0 Å². The van der Waals surface area contributed by atoms with Gasteiger partial charge >= 0.3 is 0 Å². The van der Waals surface area contributed by atoms with E-state index >= 15 is 0 Å². The fraction of sp³-hybridized carbons (Fsp3) is 0. The molecule has 0 saturated heterocycles. The Kier molecular flexibility index (Phi) is 2.11. The van der Waals surface area contributed by atoms with Crippen LogP contribution in [0.5, 0.6) is 0 Å². The highest BCUT2D eigenvalue weighted by molar-refractivity contribution is 6.34. The lowest BCUT2D eigenvalue weighted by atomic mass is 10.1. The number of Topliss-reactive ketones (excluding diaryl/α,β-unsaturated/α-hetero) is 1. The number of carbonyl (C=O) groups is 1. The Morgan fingerprint density at radius 1 is 1.07 bits per heavy atom. The highest BCUT2D eigenvalue weighted by Gasteiger charge is 2.01. The molecule has 0 aromatic heterocycles. The topological polar surface area (TPSA) is 40.9 Å². The number of carbonyl (C=O) groups excluding carboxylic acids is 1. The maximum atomic E-state index is 11.2. The number of hydrogen-bond acceptors (Lipinski definition) is 2. The van der Waals surface area contributed by atoms with E-state index in [9.17, 15) is 4.79 Å². The summed E-state index contributed by atoms with van der Waals surface area (Å²) in [6.07, 6.45) is 0.837. The zero-order chi connectivity index (χ0) is 9.97. The van der Waals surface area contributed by atoms with Crippen LogP contribution in [-0.4, -0.2) is 12.0 Å². The van der Waals surface area contributed by atoms with Crippen LogP contribution in [0.15, 0.2) is 42.5 Å². The molecule has 2 heteroatoms. The molecule has 14 heavy (non-hydrogen) atoms. The third-order valence-electron chi connectivity index (χ3n) is 2.17. The molecule has 68 valence electrons. The van der Waals surface area contributed by atoms with Crippen LogP contribution in [0.3, 0.4) is 0 Å². The van der Waals surface area contributed by atoms with Crippen molar-refractivity contribution in [3.63, 3.8) is 0 Å². The summed E-state index contributed by atoms with van der Waals surface area (Å²) in [4.78, 5) is 11.2. The Labute approximate surface area is 81.7 Å². The summed E-state index contributed by atoms with van der Waals surface area (Å²) in [5.41, 5.74) is 0.568. The molecule has 2 nitrogen and oxygen atoms in total. The third-order valence-corrected chi connectivity index (χ3v) is 2.17. The molecule has 0 bridgehead atoms. The van der Waals surface area contributed by atoms with Crippen molar-refractivity contribution in [3.05, 3.63) is 48.0 Å². The zero-order valence-corrected chi connectivity index (χ0v) is 7.53. The second-order valence-corrected chi connectivity index (χ2v) is 3.07. The molecule has 0 fully saturated rings. The fourth-order valence-electron chi connectivity index (χ4n) is 1.43. The van der Waals surface area contributed by atoms with Crippen molar-refractivity contribution < 1.29 is 4.79 Å². The highest BCUT2D eigenvalue weighted by atomic mass is 16.1. The van der Waals surface area contributed by atoms with Crippen LogP contribution in [0.1, 0.15) is 10.4 Å². The molecular formula is C12H9NO. The van der Waals surface area contributed by atoms with Gasteiger partial charge in [0.2, 0.25) is 5.78 Å². The van der Waals surface area contributed by atoms with E-state index in [2.05, 4.69) is 0 Å². The first-order valence-electron chi connectivity index (χ1n) is 4.35. The lowest BCUT2D eigenvalue weighted by Gasteiger charge is -1.99. The summed E-state index contributed by atoms with van der Waals surface area (Å²) in [6, 6.07) is 13.3. The van der Waals surface area contributed by atoms with E-state index in [-0.39, 0.29) is 5.78 Å². The van der Waals surface area contributed by atoms with E-state index in [1.165, 1.54) is 0 Å². The average Bonchev–Trinajstić information content (AvgIpc) is 2.27. The number of benzene rings is 2. The molecule has 0 amide bonds. The Hall–Kier alpha value is -1.96. The second-order valence-electron chi connectivity index (χ2n) is 3.07. The maximum absolute atomic E-state index is 11.2. The van der Waals surface area contributed by atoms with E-state index in [0.717, 1.165) is 17.0 Å². The van der Waals surface area contributed by atoms with Gasteiger partial charge in [-0.15, -0.1) is 0 Å². The van der Waals surface area contributed by atoms with Crippen LogP contribution in [0.25, 0.3) is 10.8 Å². The molecule has 0 atom stereocenters. The quantitative estimate of drug-likeness (QED) is 0.564. The van der Waals surface area contributed by atoms with Crippen LogP contribution in [0.4, 0.5) is 0 Å². The number of hydrogen-bond donors (Lipinski definition) is 1. The summed E-state index contributed by atoms with van der Waals surface area (Å²) in [5.74, 6) is -0.254. The van der Waals surface area contributed by atoms with Gasteiger partial charge in [0.25, 0.3) is 0 Å². The van der Waals surface area contributed by atoms with Crippen LogP contribution in [0.2, 0.25) is 0 Å². The van der Waals surface area contributed by atoms with Gasteiger partial charge < -0.3 is 5.41 Å². The minimum atomic E-state index is -0.254. The van der Waals surface area contributed by atoms with E-state index in [1.54, 1.807) is 6.07 Å². The first-order chi connectivity index (χ1) is 6.81. The van der Waals surface area contributed by atoms with Gasteiger partial charge in [0.1, 0.15) is 0 Å². The minimum Gasteiger partial charge on any atom is -0.305 e. The Morgan fingerprint density at radius 2 is 1.79 bits per heavy atom. The average molecular weight is 183 g/mol. The highest BCUT2D eigenvalue weighted by Crippen LogP contribution is 2.15. The lowest BCUT2D eigenvalue weighted by molar-refractivity contribution is 0.107. The standard InChI is InChI=1S/C12H9NO/c13-8-12(14)11-6-5-9-3-1-2-4-10(9)7-11/h1-8,13H. The molecule has 0 aliphatic rings. The first-order valence-corrected chi connectivity index (χ1v) is 4.35. The molecule has 0 spiro atoms. The Balaban J connectivity index is 2.62. The fourth-order valence-corrected chi connectivity index (χ4v) is 1.43. The molecule has 0 aliphatic heterocycles. The monoisotopic (exact) mass is 183 g/mol. The van der Waals surface area contributed by atoms with Gasteiger partial charge in [-0.3, -0.25) is 4.79 Å². The second kappa shape index (κ2) is 3.42. The summed E-state index contributed by atoms with van der Waals surface area (Å²) in [7, 11) is 0. The molecule has 0 unspecified atom stereocenters. The van der Waals surface area contributed by atoms with E-state index in [1.807, 2.05) is 36.4 Å². The summed E-state index contributed by atoms with van der Waals surface area (Å²) in [6.45, 7) is 0. The molecule has 2 rings (SSSR count). The normalized spacial score (nSPS) is 10.0. The van der Waals surface area contributed by atoms with Crippen molar-refractivity contribution in [2.24, 2.45) is 0 Å². The third kappa shape index (κ3) is 1.42. The van der Waals surface area contributed by atoms with Crippen molar-refractivity contribution >= 4 is 22.8 Å². The van der Waals surface area contributed by atoms with Gasteiger partial charge in [-0.1, -0.05) is 36.4 Å². The molecule has 2 aromatic rings. The van der Waals surface area contributed by atoms with Crippen molar-refractivity contribution in [3.8, 4) is 0 Å². The van der Waals surface area contributed by atoms with Crippen LogP contribution in [-0.2, 0) is 0 Å². The SMILES string of the molecule is N=CC(=O)c1ccc2ccccc2c1. The molecule has 2 aromatic carbocycles. The van der Waals surface area contributed by atoms with E-state index in [0.29, 0.717) is 5.56 Å². The predicted octanol–water partition coefficient (Wildman–Crippen LogP) is 2.67. The van der Waals surface area contributed by atoms with Crippen molar-refractivity contribution in [1.29, 1.82) is 5.41 Å². The predicted molar refractivity (Wildman–Crippen MR) is 57.1 cm³/mol. The lowest BCUT2D eigenvalue weighted by Crippen LogP contribution is -1.98. The van der Waals surface area contributed by atoms with Gasteiger partial charge in [0.15, 0.2) is 0 Å². The summed E-state index contributed by atoms with van der Waals surface area (Å²) >= 11 is 0. The molecule has 0 heterocycles. The maximum Gasteiger partial charge on any atom is 0.203 e. The van der Waals surface area contributed by atoms with Crippen LogP contribution in [0, 0.1) is 5.41 Å². The van der Waals surface area contributed by atoms with Gasteiger partial charge in [-0.05, 0) is 16.8 Å². The molecular weight excluding hydrogens is 174 g/mol. The van der Waals surface area contributed by atoms with Gasteiger partial charge in [0.05, 0.1) is 6.21 Å². The Bertz CT molecular complexity index is 502. The molecule has 0 radical (unpaired) electrons. The first kappa shape index (κ1) is 8.63. The van der Waals surface area contributed by atoms with Crippen molar-refractivity contribution in [1.82, 2.24) is 0 Å². The smallest absolute Gasteiger partial charge is 0.203 e.